The van der Waals surface area contributed by atoms with Gasteiger partial charge in [0.05, 0.1) is 35.0 Å². The Kier molecular flexibility index (Phi) is 10.5. The minimum Gasteiger partial charge on any atom is -0.379 e. The van der Waals surface area contributed by atoms with Crippen LogP contribution in [0.5, 0.6) is 0 Å². The van der Waals surface area contributed by atoms with Gasteiger partial charge in [0, 0.05) is 37.7 Å². The lowest BCUT2D eigenvalue weighted by Crippen LogP contribution is -2.37. The molecular weight excluding hydrogens is 604 g/mol. The van der Waals surface area contributed by atoms with Crippen molar-refractivity contribution in [3.8, 4) is 0 Å². The zero-order chi connectivity index (χ0) is 29.6. The number of rotatable bonds is 11. The number of thiazole rings is 1. The van der Waals surface area contributed by atoms with Crippen molar-refractivity contribution in [2.24, 2.45) is 0 Å². The van der Waals surface area contributed by atoms with Gasteiger partial charge in [-0.05, 0) is 31.2 Å². The summed E-state index contributed by atoms with van der Waals surface area (Å²) < 4.78 is 44.7. The second kappa shape index (κ2) is 13.9. The third-order valence-electron chi connectivity index (χ3n) is 6.29. The number of hydrogen-bond donors (Lipinski definition) is 2. The molecule has 1 aliphatic rings. The first-order valence-electron chi connectivity index (χ1n) is 12.7. The van der Waals surface area contributed by atoms with Crippen LogP contribution in [0.25, 0.3) is 0 Å². The highest BCUT2D eigenvalue weighted by Gasteiger charge is 2.33. The van der Waals surface area contributed by atoms with E-state index in [0.29, 0.717) is 17.4 Å². The second-order valence-corrected chi connectivity index (χ2v) is 11.2. The Balaban J connectivity index is 1.33. The Morgan fingerprint density at radius 1 is 1.17 bits per heavy atom. The maximum absolute atomic E-state index is 13.1. The fourth-order valence-corrected chi connectivity index (χ4v) is 5.48. The SMILES string of the molecule is CC(CC(=O)c1ncnc(NCCCN2CCOCC2)c1Cl)c1ncc(C(=O)Nc2ccc(Cl)c(C(F)(F)F)c2)s1. The molecule has 1 amide bonds. The number of Topliss-reactive ketones (excluding diaryl/α,β-unsaturated/α-hetero) is 1. The third-order valence-corrected chi connectivity index (χ3v) is 8.21. The van der Waals surface area contributed by atoms with Gasteiger partial charge >= 0.3 is 6.18 Å². The number of ether oxygens (including phenoxy) is 1. The monoisotopic (exact) mass is 630 g/mol. The van der Waals surface area contributed by atoms with E-state index in [9.17, 15) is 22.8 Å². The lowest BCUT2D eigenvalue weighted by molar-refractivity contribution is -0.137. The second-order valence-electron chi connectivity index (χ2n) is 9.36. The molecule has 9 nitrogen and oxygen atoms in total. The van der Waals surface area contributed by atoms with Crippen molar-refractivity contribution in [1.82, 2.24) is 19.9 Å². The van der Waals surface area contributed by atoms with Crippen molar-refractivity contribution in [2.75, 3.05) is 50.0 Å². The van der Waals surface area contributed by atoms with E-state index >= 15 is 0 Å². The number of nitrogens with one attached hydrogen (secondary N) is 2. The summed E-state index contributed by atoms with van der Waals surface area (Å²) in [6.45, 7) is 6.58. The molecule has 2 aromatic heterocycles. The maximum atomic E-state index is 13.1. The van der Waals surface area contributed by atoms with E-state index in [1.807, 2.05) is 0 Å². The molecule has 2 N–H and O–H groups in total. The van der Waals surface area contributed by atoms with E-state index in [2.05, 4.69) is 30.5 Å². The van der Waals surface area contributed by atoms with Gasteiger partial charge in [0.1, 0.15) is 27.7 Å². The third kappa shape index (κ3) is 8.35. The molecule has 3 aromatic rings. The van der Waals surface area contributed by atoms with Crippen LogP contribution in [0.3, 0.4) is 0 Å². The summed E-state index contributed by atoms with van der Waals surface area (Å²) in [5, 5.41) is 5.76. The number of anilines is 2. The molecule has 1 unspecified atom stereocenters. The molecule has 1 atom stereocenters. The summed E-state index contributed by atoms with van der Waals surface area (Å²) in [6, 6.07) is 3.11. The highest BCUT2D eigenvalue weighted by Crippen LogP contribution is 2.36. The Morgan fingerprint density at radius 3 is 2.66 bits per heavy atom. The zero-order valence-electron chi connectivity index (χ0n) is 21.9. The summed E-state index contributed by atoms with van der Waals surface area (Å²) in [4.78, 5) is 40.6. The highest BCUT2D eigenvalue weighted by molar-refractivity contribution is 7.13. The van der Waals surface area contributed by atoms with E-state index in [0.717, 1.165) is 62.7 Å². The molecule has 4 rings (SSSR count). The van der Waals surface area contributed by atoms with Gasteiger partial charge in [0.15, 0.2) is 5.78 Å². The molecule has 15 heteroatoms. The molecule has 3 heterocycles. The van der Waals surface area contributed by atoms with Crippen LogP contribution < -0.4 is 10.6 Å². The fraction of sp³-hybridized carbons (Fsp3) is 0.423. The molecule has 0 radical (unpaired) electrons. The number of carbonyl (C=O) groups excluding carboxylic acids is 2. The number of morpholine rings is 1. The summed E-state index contributed by atoms with van der Waals surface area (Å²) in [5.41, 5.74) is -1.03. The molecule has 0 bridgehead atoms. The summed E-state index contributed by atoms with van der Waals surface area (Å²) in [7, 11) is 0. The molecule has 220 valence electrons. The Hall–Kier alpha value is -2.84. The van der Waals surface area contributed by atoms with Crippen molar-refractivity contribution < 1.29 is 27.5 Å². The van der Waals surface area contributed by atoms with Gasteiger partial charge in [-0.1, -0.05) is 30.1 Å². The predicted molar refractivity (Wildman–Crippen MR) is 151 cm³/mol. The van der Waals surface area contributed by atoms with E-state index in [1.165, 1.54) is 18.6 Å². The average Bonchev–Trinajstić information content (AvgIpc) is 3.44. The molecule has 41 heavy (non-hydrogen) atoms. The van der Waals surface area contributed by atoms with Crippen molar-refractivity contribution >= 4 is 57.7 Å². The van der Waals surface area contributed by atoms with Crippen LogP contribution in [-0.2, 0) is 10.9 Å². The van der Waals surface area contributed by atoms with Crippen molar-refractivity contribution in [1.29, 1.82) is 0 Å². The normalized spacial score (nSPS) is 15.0. The fourth-order valence-electron chi connectivity index (χ4n) is 4.12. The first-order valence-corrected chi connectivity index (χ1v) is 14.3. The number of hydrogen-bond acceptors (Lipinski definition) is 9. The molecular formula is C26H27Cl2F3N6O3S. The van der Waals surface area contributed by atoms with Crippen LogP contribution in [-0.4, -0.2) is 70.9 Å². The standard InChI is InChI=1S/C26H27Cl2F3N6O3S/c1-15(25-33-13-20(41-25)24(39)36-16-3-4-18(27)17(12-16)26(29,30)31)11-19(38)22-21(28)23(35-14-34-22)32-5-2-6-37-7-9-40-10-8-37/h3-4,12-15H,2,5-11H2,1H3,(H,36,39)(H,32,34,35). The largest absolute Gasteiger partial charge is 0.417 e. The Labute approximate surface area is 248 Å². The number of carbonyl (C=O) groups is 2. The number of halogens is 5. The lowest BCUT2D eigenvalue weighted by Gasteiger charge is -2.26. The Bertz CT molecular complexity index is 1380. The number of nitrogens with zero attached hydrogens (tertiary/aromatic N) is 4. The quantitative estimate of drug-likeness (QED) is 0.195. The molecule has 1 aliphatic heterocycles. The van der Waals surface area contributed by atoms with Gasteiger partial charge in [0.2, 0.25) is 0 Å². The Morgan fingerprint density at radius 2 is 1.93 bits per heavy atom. The van der Waals surface area contributed by atoms with Gasteiger partial charge in [-0.3, -0.25) is 14.5 Å². The number of benzene rings is 1. The summed E-state index contributed by atoms with van der Waals surface area (Å²) in [6.07, 6.45) is -1.19. The van der Waals surface area contributed by atoms with Crippen LogP contribution in [0.2, 0.25) is 10.0 Å². The van der Waals surface area contributed by atoms with Crippen LogP contribution in [0.15, 0.2) is 30.7 Å². The van der Waals surface area contributed by atoms with Crippen LogP contribution >= 0.6 is 34.5 Å². The average molecular weight is 632 g/mol. The van der Waals surface area contributed by atoms with Gasteiger partial charge in [-0.25, -0.2) is 15.0 Å². The smallest absolute Gasteiger partial charge is 0.379 e. The highest BCUT2D eigenvalue weighted by atomic mass is 35.5. The van der Waals surface area contributed by atoms with E-state index in [4.69, 9.17) is 27.9 Å². The molecule has 1 fully saturated rings. The summed E-state index contributed by atoms with van der Waals surface area (Å²) >= 11 is 13.1. The molecule has 0 aliphatic carbocycles. The van der Waals surface area contributed by atoms with E-state index in [-0.39, 0.29) is 39.4 Å². The number of aromatic nitrogens is 3. The topological polar surface area (TPSA) is 109 Å². The molecule has 0 saturated carbocycles. The number of amides is 1. The van der Waals surface area contributed by atoms with Crippen molar-refractivity contribution in [3.05, 3.63) is 61.9 Å². The zero-order valence-corrected chi connectivity index (χ0v) is 24.3. The van der Waals surface area contributed by atoms with Crippen LogP contribution in [0.1, 0.15) is 56.4 Å². The first kappa shape index (κ1) is 31.1. The minimum atomic E-state index is -4.66. The van der Waals surface area contributed by atoms with Crippen molar-refractivity contribution in [3.63, 3.8) is 0 Å². The molecule has 1 aromatic carbocycles. The first-order chi connectivity index (χ1) is 19.5. The van der Waals surface area contributed by atoms with Crippen molar-refractivity contribution in [2.45, 2.75) is 31.9 Å². The van der Waals surface area contributed by atoms with E-state index < -0.39 is 22.7 Å². The van der Waals surface area contributed by atoms with Gasteiger partial charge in [0.25, 0.3) is 5.91 Å². The predicted octanol–water partition coefficient (Wildman–Crippen LogP) is 6.02. The number of ketones is 1. The molecule has 0 spiro atoms. The van der Waals surface area contributed by atoms with Gasteiger partial charge in [-0.2, -0.15) is 13.2 Å². The minimum absolute atomic E-state index is 0.0217. The van der Waals surface area contributed by atoms with E-state index in [1.54, 1.807) is 6.92 Å². The molecule has 1 saturated heterocycles. The van der Waals surface area contributed by atoms with Gasteiger partial charge in [-0.15, -0.1) is 11.3 Å². The summed E-state index contributed by atoms with van der Waals surface area (Å²) in [5.74, 6) is -0.949. The van der Waals surface area contributed by atoms with Crippen LogP contribution in [0, 0.1) is 0 Å². The van der Waals surface area contributed by atoms with Crippen LogP contribution in [0.4, 0.5) is 24.7 Å². The number of alkyl halides is 3. The maximum Gasteiger partial charge on any atom is 0.417 e. The lowest BCUT2D eigenvalue weighted by atomic mass is 10.0. The van der Waals surface area contributed by atoms with Gasteiger partial charge < -0.3 is 15.4 Å².